The van der Waals surface area contributed by atoms with E-state index in [4.69, 9.17) is 5.11 Å². The van der Waals surface area contributed by atoms with Crippen molar-refractivity contribution in [2.45, 2.75) is 12.7 Å². The van der Waals surface area contributed by atoms with E-state index in [9.17, 15) is 18.0 Å². The summed E-state index contributed by atoms with van der Waals surface area (Å²) in [5, 5.41) is 18.5. The minimum absolute atomic E-state index is 0.388. The van der Waals surface area contributed by atoms with Gasteiger partial charge >= 0.3 is 6.18 Å². The lowest BCUT2D eigenvalue weighted by atomic mass is 10.4. The molecular formula is C7H10F3N5O2. The first kappa shape index (κ1) is 13.4. The van der Waals surface area contributed by atoms with E-state index in [-0.39, 0.29) is 6.54 Å². The monoisotopic (exact) mass is 253 g/mol. The number of halogens is 3. The van der Waals surface area contributed by atoms with Gasteiger partial charge in [-0.1, -0.05) is 0 Å². The van der Waals surface area contributed by atoms with Crippen LogP contribution in [0.3, 0.4) is 0 Å². The fourth-order valence-corrected chi connectivity index (χ4v) is 1.12. The highest BCUT2D eigenvalue weighted by molar-refractivity contribution is 5.75. The molecule has 1 aromatic rings. The summed E-state index contributed by atoms with van der Waals surface area (Å²) in [7, 11) is 0. The molecule has 1 aromatic heterocycles. The molecule has 96 valence electrons. The molecule has 0 saturated heterocycles. The number of amides is 1. The second-order valence-corrected chi connectivity index (χ2v) is 3.16. The minimum atomic E-state index is -4.51. The molecule has 7 nitrogen and oxygen atoms in total. The second-order valence-electron chi connectivity index (χ2n) is 3.16. The van der Waals surface area contributed by atoms with Crippen molar-refractivity contribution in [2.24, 2.45) is 0 Å². The predicted octanol–water partition coefficient (Wildman–Crippen LogP) is -0.944. The number of carbonyl (C=O) groups is 1. The van der Waals surface area contributed by atoms with Crippen molar-refractivity contribution in [1.82, 2.24) is 25.1 Å². The van der Waals surface area contributed by atoms with Gasteiger partial charge in [0.25, 0.3) is 0 Å². The number of aliphatic hydroxyl groups is 1. The van der Waals surface area contributed by atoms with Crippen molar-refractivity contribution >= 4 is 5.91 Å². The van der Waals surface area contributed by atoms with Crippen LogP contribution in [0.15, 0.2) is 6.33 Å². The van der Waals surface area contributed by atoms with Gasteiger partial charge in [-0.25, -0.2) is 4.68 Å². The van der Waals surface area contributed by atoms with Crippen molar-refractivity contribution in [3.8, 4) is 0 Å². The van der Waals surface area contributed by atoms with Gasteiger partial charge in [0.1, 0.15) is 19.4 Å². The fraction of sp³-hybridized carbons (Fsp3) is 0.714. The lowest BCUT2D eigenvalue weighted by molar-refractivity contribution is -0.162. The zero-order valence-corrected chi connectivity index (χ0v) is 8.63. The third kappa shape index (κ3) is 4.76. The molecule has 1 N–H and O–H groups in total. The SMILES string of the molecule is O=C(Cn1cnnn1)N(CCO)CC(F)(F)F. The molecule has 0 fully saturated rings. The molecule has 0 aliphatic rings. The zero-order chi connectivity index (χ0) is 12.9. The summed E-state index contributed by atoms with van der Waals surface area (Å²) >= 11 is 0. The van der Waals surface area contributed by atoms with Crippen LogP contribution in [0.5, 0.6) is 0 Å². The Hall–Kier alpha value is -1.71. The second kappa shape index (κ2) is 5.57. The van der Waals surface area contributed by atoms with Crippen LogP contribution >= 0.6 is 0 Å². The average Bonchev–Trinajstić information content (AvgIpc) is 2.67. The Morgan fingerprint density at radius 2 is 2.18 bits per heavy atom. The largest absolute Gasteiger partial charge is 0.406 e. The summed E-state index contributed by atoms with van der Waals surface area (Å²) in [5.74, 6) is -0.816. The Morgan fingerprint density at radius 3 is 2.65 bits per heavy atom. The van der Waals surface area contributed by atoms with Gasteiger partial charge < -0.3 is 10.0 Å². The third-order valence-electron chi connectivity index (χ3n) is 1.78. The van der Waals surface area contributed by atoms with Gasteiger partial charge in [0.15, 0.2) is 0 Å². The lowest BCUT2D eigenvalue weighted by Gasteiger charge is -2.22. The summed E-state index contributed by atoms with van der Waals surface area (Å²) in [6.45, 7) is -2.74. The number of hydrogen-bond acceptors (Lipinski definition) is 5. The van der Waals surface area contributed by atoms with E-state index < -0.39 is 31.8 Å². The van der Waals surface area contributed by atoms with Gasteiger partial charge in [-0.3, -0.25) is 4.79 Å². The fourth-order valence-electron chi connectivity index (χ4n) is 1.12. The van der Waals surface area contributed by atoms with Crippen molar-refractivity contribution in [1.29, 1.82) is 0 Å². The highest BCUT2D eigenvalue weighted by Crippen LogP contribution is 2.16. The predicted molar refractivity (Wildman–Crippen MR) is 47.5 cm³/mol. The molecule has 0 aromatic carbocycles. The van der Waals surface area contributed by atoms with E-state index in [2.05, 4.69) is 15.5 Å². The number of hydrogen-bond donors (Lipinski definition) is 1. The van der Waals surface area contributed by atoms with Crippen molar-refractivity contribution in [3.05, 3.63) is 6.33 Å². The Bertz CT molecular complexity index is 353. The molecule has 0 aliphatic heterocycles. The van der Waals surface area contributed by atoms with Crippen molar-refractivity contribution in [3.63, 3.8) is 0 Å². The summed E-state index contributed by atoms with van der Waals surface area (Å²) in [6, 6.07) is 0. The first-order chi connectivity index (χ1) is 7.92. The lowest BCUT2D eigenvalue weighted by Crippen LogP contribution is -2.42. The molecule has 0 bridgehead atoms. The van der Waals surface area contributed by atoms with Crippen LogP contribution < -0.4 is 0 Å². The van der Waals surface area contributed by atoms with E-state index in [1.165, 1.54) is 0 Å². The van der Waals surface area contributed by atoms with Crippen LogP contribution in [0.4, 0.5) is 13.2 Å². The maximum Gasteiger partial charge on any atom is 0.406 e. The molecule has 0 spiro atoms. The Balaban J connectivity index is 2.60. The highest BCUT2D eigenvalue weighted by atomic mass is 19.4. The van der Waals surface area contributed by atoms with Crippen LogP contribution in [0, 0.1) is 0 Å². The van der Waals surface area contributed by atoms with Crippen LogP contribution in [0.25, 0.3) is 0 Å². The number of nitrogens with zero attached hydrogens (tertiary/aromatic N) is 5. The minimum Gasteiger partial charge on any atom is -0.395 e. The molecule has 10 heteroatoms. The van der Waals surface area contributed by atoms with Crippen LogP contribution in [0.1, 0.15) is 0 Å². The Kier molecular flexibility index (Phi) is 4.37. The molecule has 1 rings (SSSR count). The van der Waals surface area contributed by atoms with Crippen molar-refractivity contribution in [2.75, 3.05) is 19.7 Å². The Morgan fingerprint density at radius 1 is 1.47 bits per heavy atom. The van der Waals surface area contributed by atoms with Crippen molar-refractivity contribution < 1.29 is 23.1 Å². The van der Waals surface area contributed by atoms with Gasteiger partial charge in [-0.15, -0.1) is 5.10 Å². The molecule has 0 saturated carbocycles. The first-order valence-corrected chi connectivity index (χ1v) is 4.58. The standard InChI is InChI=1S/C7H10F3N5O2/c8-7(9,10)4-14(1-2-16)6(17)3-15-5-11-12-13-15/h5,16H,1-4H2. The maximum atomic E-state index is 12.1. The Labute approximate surface area is 93.8 Å². The van der Waals surface area contributed by atoms with E-state index >= 15 is 0 Å². The number of aliphatic hydroxyl groups excluding tert-OH is 1. The topological polar surface area (TPSA) is 84.1 Å². The molecule has 1 amide bonds. The smallest absolute Gasteiger partial charge is 0.395 e. The van der Waals surface area contributed by atoms with E-state index in [1.54, 1.807) is 0 Å². The highest BCUT2D eigenvalue weighted by Gasteiger charge is 2.32. The molecule has 0 aliphatic carbocycles. The van der Waals surface area contributed by atoms with E-state index in [0.29, 0.717) is 4.90 Å². The zero-order valence-electron chi connectivity index (χ0n) is 8.63. The molecule has 0 unspecified atom stereocenters. The van der Waals surface area contributed by atoms with E-state index in [1.807, 2.05) is 0 Å². The van der Waals surface area contributed by atoms with Gasteiger partial charge in [0.2, 0.25) is 5.91 Å². The van der Waals surface area contributed by atoms with Gasteiger partial charge in [-0.2, -0.15) is 13.2 Å². The summed E-state index contributed by atoms with van der Waals surface area (Å²) in [4.78, 5) is 12.0. The number of tetrazole rings is 1. The molecule has 0 atom stereocenters. The molecular weight excluding hydrogens is 243 g/mol. The average molecular weight is 253 g/mol. The number of aromatic nitrogens is 4. The van der Waals surface area contributed by atoms with Crippen LogP contribution in [-0.2, 0) is 11.3 Å². The normalized spacial score (nSPS) is 11.5. The molecule has 17 heavy (non-hydrogen) atoms. The first-order valence-electron chi connectivity index (χ1n) is 4.58. The maximum absolute atomic E-state index is 12.1. The molecule has 1 heterocycles. The van der Waals surface area contributed by atoms with Gasteiger partial charge in [-0.05, 0) is 10.4 Å². The molecule has 0 radical (unpaired) electrons. The van der Waals surface area contributed by atoms with E-state index in [0.717, 1.165) is 11.0 Å². The van der Waals surface area contributed by atoms with Crippen LogP contribution in [0.2, 0.25) is 0 Å². The summed E-state index contributed by atoms with van der Waals surface area (Å²) < 4.78 is 37.4. The van der Waals surface area contributed by atoms with Crippen LogP contribution in [-0.4, -0.2) is 62.0 Å². The quantitative estimate of drug-likeness (QED) is 0.731. The van der Waals surface area contributed by atoms with Gasteiger partial charge in [0.05, 0.1) is 6.61 Å². The third-order valence-corrected chi connectivity index (χ3v) is 1.78. The number of rotatable bonds is 5. The van der Waals surface area contributed by atoms with Gasteiger partial charge in [0, 0.05) is 6.54 Å². The summed E-state index contributed by atoms with van der Waals surface area (Å²) in [6.07, 6.45) is -3.39. The number of carbonyl (C=O) groups excluding carboxylic acids is 1. The summed E-state index contributed by atoms with van der Waals surface area (Å²) in [5.41, 5.74) is 0. The number of alkyl halides is 3.